The summed E-state index contributed by atoms with van der Waals surface area (Å²) in [5.74, 6) is -0.183. The number of amides is 1. The molecule has 0 saturated carbocycles. The highest BCUT2D eigenvalue weighted by atomic mass is 16.1. The fraction of sp³-hybridized carbons (Fsp3) is 0.167. The molecule has 0 aliphatic rings. The molecule has 0 bridgehead atoms. The first kappa shape index (κ1) is 25.6. The van der Waals surface area contributed by atoms with E-state index in [9.17, 15) is 9.59 Å². The fourth-order valence-electron chi connectivity index (χ4n) is 3.81. The molecule has 186 valence electrons. The smallest absolute Gasteiger partial charge is 0.248 e. The molecule has 2 heterocycles. The third-order valence-electron chi connectivity index (χ3n) is 5.66. The monoisotopic (exact) mass is 491 g/mol. The van der Waals surface area contributed by atoms with E-state index in [1.165, 1.54) is 6.08 Å². The van der Waals surface area contributed by atoms with Gasteiger partial charge < -0.3 is 10.2 Å². The molecule has 4 rings (SSSR count). The van der Waals surface area contributed by atoms with Crippen LogP contribution in [0, 0.1) is 0 Å². The summed E-state index contributed by atoms with van der Waals surface area (Å²) in [4.78, 5) is 39.7. The summed E-state index contributed by atoms with van der Waals surface area (Å²) in [6.45, 7) is 0.688. The minimum Gasteiger partial charge on any atom is -0.323 e. The average molecular weight is 492 g/mol. The maximum Gasteiger partial charge on any atom is 0.248 e. The molecule has 0 unspecified atom stereocenters. The summed E-state index contributed by atoms with van der Waals surface area (Å²) < 4.78 is 0. The Morgan fingerprint density at radius 1 is 0.919 bits per heavy atom. The van der Waals surface area contributed by atoms with Crippen LogP contribution in [0.1, 0.15) is 27.2 Å². The van der Waals surface area contributed by atoms with E-state index in [1.807, 2.05) is 61.5 Å². The van der Waals surface area contributed by atoms with Gasteiger partial charge in [-0.2, -0.15) is 0 Å². The van der Waals surface area contributed by atoms with Crippen LogP contribution in [0.5, 0.6) is 0 Å². The Balaban J connectivity index is 1.36. The summed E-state index contributed by atoms with van der Waals surface area (Å²) in [6.07, 6.45) is 9.29. The van der Waals surface area contributed by atoms with Crippen molar-refractivity contribution in [2.75, 3.05) is 26.0 Å². The Hall–Kier alpha value is -4.49. The zero-order chi connectivity index (χ0) is 26.0. The van der Waals surface area contributed by atoms with E-state index in [0.717, 1.165) is 28.1 Å². The second-order valence-electron chi connectivity index (χ2n) is 8.96. The van der Waals surface area contributed by atoms with Gasteiger partial charge >= 0.3 is 0 Å². The van der Waals surface area contributed by atoms with E-state index in [2.05, 4.69) is 20.3 Å². The third-order valence-corrected chi connectivity index (χ3v) is 5.66. The average Bonchev–Trinajstić information content (AvgIpc) is 2.90. The van der Waals surface area contributed by atoms with E-state index in [1.54, 1.807) is 49.1 Å². The van der Waals surface area contributed by atoms with E-state index >= 15 is 0 Å². The van der Waals surface area contributed by atoms with Crippen LogP contribution in [0.3, 0.4) is 0 Å². The fourth-order valence-corrected chi connectivity index (χ4v) is 3.81. The topological polar surface area (TPSA) is 88.1 Å². The second-order valence-corrected chi connectivity index (χ2v) is 8.96. The van der Waals surface area contributed by atoms with Gasteiger partial charge in [0.25, 0.3) is 0 Å². The Kier molecular flexibility index (Phi) is 8.62. The van der Waals surface area contributed by atoms with Crippen LogP contribution in [0.25, 0.3) is 11.3 Å². The molecule has 0 aliphatic carbocycles. The standard InChI is InChI=1S/C30H29N5O2/c1-35(2)16-4-7-30(37)34-26-10-8-25(9-11-26)29(36)19-23-6-3-5-22(17-23)18-27-20-28(33-21-32-27)24-12-14-31-15-13-24/h3-15,17,20-21H,16,18-19H2,1-2H3,(H,34,37)/b7-4+. The van der Waals surface area contributed by atoms with Gasteiger partial charge in [-0.1, -0.05) is 30.3 Å². The van der Waals surface area contributed by atoms with Gasteiger partial charge in [0.05, 0.1) is 5.69 Å². The summed E-state index contributed by atoms with van der Waals surface area (Å²) in [6, 6.07) is 20.8. The number of benzene rings is 2. The van der Waals surface area contributed by atoms with Crippen molar-refractivity contribution in [3.63, 3.8) is 0 Å². The number of anilines is 1. The van der Waals surface area contributed by atoms with E-state index in [4.69, 9.17) is 0 Å². The number of pyridine rings is 1. The number of aromatic nitrogens is 3. The van der Waals surface area contributed by atoms with Gasteiger partial charge in [0, 0.05) is 60.4 Å². The number of hydrogen-bond donors (Lipinski definition) is 1. The summed E-state index contributed by atoms with van der Waals surface area (Å²) >= 11 is 0. The van der Waals surface area contributed by atoms with Crippen molar-refractivity contribution in [1.82, 2.24) is 19.9 Å². The van der Waals surface area contributed by atoms with Gasteiger partial charge in [-0.15, -0.1) is 0 Å². The quantitative estimate of drug-likeness (QED) is 0.257. The number of likely N-dealkylation sites (N-methyl/N-ethyl adjacent to an activating group) is 1. The van der Waals surface area contributed by atoms with E-state index in [0.29, 0.717) is 30.6 Å². The summed E-state index contributed by atoms with van der Waals surface area (Å²) in [5.41, 5.74) is 6.00. The maximum atomic E-state index is 12.9. The molecule has 2 aromatic heterocycles. The van der Waals surface area contributed by atoms with Crippen molar-refractivity contribution in [3.05, 3.63) is 120 Å². The van der Waals surface area contributed by atoms with Crippen molar-refractivity contribution in [2.24, 2.45) is 0 Å². The zero-order valence-electron chi connectivity index (χ0n) is 21.0. The van der Waals surface area contributed by atoms with Gasteiger partial charge in [-0.05, 0) is 67.7 Å². The molecule has 7 heteroatoms. The number of Topliss-reactive ketones (excluding diaryl/α,β-unsaturated/α-hetero) is 1. The first-order valence-electron chi connectivity index (χ1n) is 12.0. The molecular weight excluding hydrogens is 462 g/mol. The lowest BCUT2D eigenvalue weighted by Crippen LogP contribution is -2.13. The number of nitrogens with one attached hydrogen (secondary N) is 1. The molecule has 1 N–H and O–H groups in total. The van der Waals surface area contributed by atoms with Crippen LogP contribution in [-0.4, -0.2) is 52.2 Å². The lowest BCUT2D eigenvalue weighted by molar-refractivity contribution is -0.111. The summed E-state index contributed by atoms with van der Waals surface area (Å²) in [5, 5.41) is 2.81. The van der Waals surface area contributed by atoms with Crippen molar-refractivity contribution in [2.45, 2.75) is 12.8 Å². The lowest BCUT2D eigenvalue weighted by Gasteiger charge is -2.08. The number of carbonyl (C=O) groups excluding carboxylic acids is 2. The molecule has 0 spiro atoms. The van der Waals surface area contributed by atoms with Gasteiger partial charge in [0.1, 0.15) is 6.33 Å². The van der Waals surface area contributed by atoms with Crippen LogP contribution in [-0.2, 0) is 17.6 Å². The van der Waals surface area contributed by atoms with Crippen molar-refractivity contribution < 1.29 is 9.59 Å². The van der Waals surface area contributed by atoms with Crippen molar-refractivity contribution in [1.29, 1.82) is 0 Å². The number of hydrogen-bond acceptors (Lipinski definition) is 6. The molecule has 1 amide bonds. The first-order valence-corrected chi connectivity index (χ1v) is 12.0. The van der Waals surface area contributed by atoms with E-state index < -0.39 is 0 Å². The normalized spacial score (nSPS) is 11.1. The van der Waals surface area contributed by atoms with Crippen LogP contribution in [0.15, 0.2) is 97.6 Å². The summed E-state index contributed by atoms with van der Waals surface area (Å²) in [7, 11) is 3.87. The first-order chi connectivity index (χ1) is 18.0. The van der Waals surface area contributed by atoms with Gasteiger partial charge in [0.2, 0.25) is 5.91 Å². The third kappa shape index (κ3) is 7.75. The Bertz CT molecular complexity index is 1380. The lowest BCUT2D eigenvalue weighted by atomic mass is 9.99. The predicted octanol–water partition coefficient (Wildman–Crippen LogP) is 4.61. The number of ketones is 1. The Labute approximate surface area is 216 Å². The molecular formula is C30H29N5O2. The molecule has 0 saturated heterocycles. The molecule has 2 aromatic carbocycles. The molecule has 0 atom stereocenters. The van der Waals surface area contributed by atoms with Crippen LogP contribution in [0.2, 0.25) is 0 Å². The zero-order valence-corrected chi connectivity index (χ0v) is 21.0. The highest BCUT2D eigenvalue weighted by molar-refractivity contribution is 6.00. The number of carbonyl (C=O) groups is 2. The number of nitrogens with zero attached hydrogens (tertiary/aromatic N) is 4. The molecule has 37 heavy (non-hydrogen) atoms. The van der Waals surface area contributed by atoms with Crippen molar-refractivity contribution >= 4 is 17.4 Å². The van der Waals surface area contributed by atoms with E-state index in [-0.39, 0.29) is 11.7 Å². The molecule has 7 nitrogen and oxygen atoms in total. The number of rotatable bonds is 10. The SMILES string of the molecule is CN(C)C/C=C/C(=O)Nc1ccc(C(=O)Cc2cccc(Cc3cc(-c4ccncc4)ncn3)c2)cc1. The maximum absolute atomic E-state index is 12.9. The highest BCUT2D eigenvalue weighted by Gasteiger charge is 2.09. The minimum absolute atomic E-state index is 0.0166. The van der Waals surface area contributed by atoms with Crippen LogP contribution >= 0.6 is 0 Å². The van der Waals surface area contributed by atoms with Crippen LogP contribution in [0.4, 0.5) is 5.69 Å². The highest BCUT2D eigenvalue weighted by Crippen LogP contribution is 2.18. The minimum atomic E-state index is -0.200. The molecule has 4 aromatic rings. The Morgan fingerprint density at radius 2 is 1.68 bits per heavy atom. The predicted molar refractivity (Wildman–Crippen MR) is 145 cm³/mol. The van der Waals surface area contributed by atoms with Gasteiger partial charge in [-0.25, -0.2) is 9.97 Å². The second kappa shape index (κ2) is 12.5. The molecule has 0 fully saturated rings. The molecule has 0 aliphatic heterocycles. The van der Waals surface area contributed by atoms with Crippen LogP contribution < -0.4 is 5.32 Å². The molecule has 0 radical (unpaired) electrons. The van der Waals surface area contributed by atoms with Crippen molar-refractivity contribution in [3.8, 4) is 11.3 Å². The Morgan fingerprint density at radius 3 is 2.43 bits per heavy atom. The van der Waals surface area contributed by atoms with Gasteiger partial charge in [-0.3, -0.25) is 14.6 Å². The largest absolute Gasteiger partial charge is 0.323 e. The van der Waals surface area contributed by atoms with Gasteiger partial charge in [0.15, 0.2) is 5.78 Å².